The second kappa shape index (κ2) is 13.4. The first-order valence-electron chi connectivity index (χ1n) is 19.4. The molecule has 5 aliphatic heterocycles. The van der Waals surface area contributed by atoms with Crippen LogP contribution in [0.3, 0.4) is 0 Å². The Morgan fingerprint density at radius 2 is 1.93 bits per heavy atom. The first-order valence-corrected chi connectivity index (χ1v) is 19.4. The second-order valence-corrected chi connectivity index (χ2v) is 16.5. The standard InChI is InChI=1S/C41H49FN6O6/c1-6-24-9-7-10-25-15-28(53-23-50-5)16-29(34(24)25)30-17-31-35-36(45-38(44-31)52-22-41-13-8-14-46(41)19-26(42)18-41)47-20-27-11-12-32(33(47)21-51-37(35)43-30)48(27)39(49)54-40(2,3)4/h7,9-10,15-17,26-27,32-33H,6,8,11-14,18-23H2,1-5H3/t26-,27-,32+,33+,41+/m0/s1. The van der Waals surface area contributed by atoms with E-state index < -0.39 is 11.8 Å². The summed E-state index contributed by atoms with van der Waals surface area (Å²) in [4.78, 5) is 35.4. The van der Waals surface area contributed by atoms with Crippen molar-refractivity contribution in [1.82, 2.24) is 24.8 Å². The van der Waals surface area contributed by atoms with Crippen molar-refractivity contribution in [3.63, 3.8) is 0 Å². The van der Waals surface area contributed by atoms with Crippen molar-refractivity contribution in [3.8, 4) is 28.9 Å². The average molecular weight is 741 g/mol. The molecule has 0 saturated carbocycles. The lowest BCUT2D eigenvalue weighted by atomic mass is 9.95. The zero-order valence-electron chi connectivity index (χ0n) is 31.8. The van der Waals surface area contributed by atoms with Gasteiger partial charge in [0, 0.05) is 32.2 Å². The summed E-state index contributed by atoms with van der Waals surface area (Å²) in [6, 6.07) is 12.1. The van der Waals surface area contributed by atoms with E-state index in [1.54, 1.807) is 7.11 Å². The van der Waals surface area contributed by atoms with Gasteiger partial charge in [-0.1, -0.05) is 25.1 Å². The van der Waals surface area contributed by atoms with Crippen LogP contribution in [0.5, 0.6) is 17.6 Å². The fraction of sp³-hybridized carbons (Fsp3) is 0.561. The van der Waals surface area contributed by atoms with Crippen molar-refractivity contribution in [3.05, 3.63) is 42.0 Å². The highest BCUT2D eigenvalue weighted by Gasteiger charge is 2.52. The maximum absolute atomic E-state index is 14.7. The van der Waals surface area contributed by atoms with Gasteiger partial charge in [-0.25, -0.2) is 14.2 Å². The van der Waals surface area contributed by atoms with Crippen LogP contribution in [0.4, 0.5) is 15.0 Å². The number of rotatable bonds is 8. The van der Waals surface area contributed by atoms with Gasteiger partial charge in [0.05, 0.1) is 34.9 Å². The number of carbonyl (C=O) groups is 1. The summed E-state index contributed by atoms with van der Waals surface area (Å²) in [5, 5.41) is 2.81. The van der Waals surface area contributed by atoms with Crippen molar-refractivity contribution >= 4 is 33.6 Å². The minimum atomic E-state index is -0.867. The number of anilines is 1. The molecule has 9 rings (SSSR count). The van der Waals surface area contributed by atoms with E-state index in [2.05, 4.69) is 34.9 Å². The molecule has 13 heteroatoms. The van der Waals surface area contributed by atoms with E-state index in [0.717, 1.165) is 55.0 Å². The van der Waals surface area contributed by atoms with E-state index in [4.69, 9.17) is 38.6 Å². The van der Waals surface area contributed by atoms with Crippen molar-refractivity contribution in [2.45, 2.75) is 102 Å². The van der Waals surface area contributed by atoms with Crippen LogP contribution in [0.2, 0.25) is 0 Å². The third-order valence-corrected chi connectivity index (χ3v) is 11.9. The second-order valence-electron chi connectivity index (χ2n) is 16.5. The number of benzene rings is 2. The molecule has 2 bridgehead atoms. The van der Waals surface area contributed by atoms with Gasteiger partial charge in [0.1, 0.15) is 41.9 Å². The number of piperazine rings is 1. The lowest BCUT2D eigenvalue weighted by Crippen LogP contribution is -2.63. The van der Waals surface area contributed by atoms with E-state index in [9.17, 15) is 9.18 Å². The number of hydrogen-bond acceptors (Lipinski definition) is 11. The Bertz CT molecular complexity index is 2110. The third-order valence-electron chi connectivity index (χ3n) is 11.9. The molecule has 5 atom stereocenters. The largest absolute Gasteiger partial charge is 0.475 e. The Labute approximate surface area is 314 Å². The normalized spacial score (nSPS) is 26.1. The van der Waals surface area contributed by atoms with Crippen LogP contribution in [-0.4, -0.2) is 113 Å². The molecule has 0 radical (unpaired) electrons. The molecular weight excluding hydrogens is 691 g/mol. The molecule has 12 nitrogen and oxygen atoms in total. The Kier molecular flexibility index (Phi) is 8.72. The molecule has 0 unspecified atom stereocenters. The zero-order valence-corrected chi connectivity index (χ0v) is 31.8. The fourth-order valence-corrected chi connectivity index (χ4v) is 9.68. The maximum Gasteiger partial charge on any atom is 0.410 e. The lowest BCUT2D eigenvalue weighted by Gasteiger charge is -2.46. The topological polar surface area (TPSA) is 112 Å². The van der Waals surface area contributed by atoms with Crippen molar-refractivity contribution in [2.75, 3.05) is 51.7 Å². The molecule has 1 amide bonds. The van der Waals surface area contributed by atoms with Crippen LogP contribution in [0, 0.1) is 0 Å². The van der Waals surface area contributed by atoms with Gasteiger partial charge in [0.2, 0.25) is 5.88 Å². The van der Waals surface area contributed by atoms with Crippen LogP contribution in [0.1, 0.15) is 65.4 Å². The number of halogens is 1. The minimum absolute atomic E-state index is 0.0520. The van der Waals surface area contributed by atoms with Gasteiger partial charge in [0.25, 0.3) is 0 Å². The molecule has 4 aromatic rings. The van der Waals surface area contributed by atoms with Crippen molar-refractivity contribution in [2.24, 2.45) is 0 Å². The van der Waals surface area contributed by atoms with E-state index in [0.29, 0.717) is 66.8 Å². The summed E-state index contributed by atoms with van der Waals surface area (Å²) >= 11 is 0. The minimum Gasteiger partial charge on any atom is -0.475 e. The molecule has 0 N–H and O–H groups in total. The first kappa shape index (κ1) is 35.2. The number of fused-ring (bicyclic) bond motifs is 7. The molecule has 5 aliphatic rings. The monoisotopic (exact) mass is 740 g/mol. The van der Waals surface area contributed by atoms with Crippen molar-refractivity contribution in [1.29, 1.82) is 0 Å². The van der Waals surface area contributed by atoms with Gasteiger partial charge >= 0.3 is 12.1 Å². The summed E-state index contributed by atoms with van der Waals surface area (Å²) < 4.78 is 45.1. The molecule has 2 aromatic heterocycles. The zero-order chi connectivity index (χ0) is 37.4. The highest BCUT2D eigenvalue weighted by molar-refractivity contribution is 6.03. The molecule has 4 fully saturated rings. The van der Waals surface area contributed by atoms with Crippen molar-refractivity contribution < 1.29 is 32.9 Å². The Morgan fingerprint density at radius 1 is 1.06 bits per heavy atom. The molecule has 0 spiro atoms. The first-order chi connectivity index (χ1) is 26.0. The summed E-state index contributed by atoms with van der Waals surface area (Å²) in [7, 11) is 1.60. The number of aromatic nitrogens is 3. The van der Waals surface area contributed by atoms with Gasteiger partial charge in [-0.3, -0.25) is 9.80 Å². The number of hydrogen-bond donors (Lipinski definition) is 0. The molecular formula is C41H49FN6O6. The number of aryl methyl sites for hydroxylation is 1. The summed E-state index contributed by atoms with van der Waals surface area (Å²) in [5.74, 6) is 1.77. The van der Waals surface area contributed by atoms with Gasteiger partial charge in [0.15, 0.2) is 6.79 Å². The number of pyridine rings is 1. The van der Waals surface area contributed by atoms with E-state index in [1.165, 1.54) is 5.56 Å². The molecule has 0 aliphatic carbocycles. The Hall–Kier alpha value is -4.49. The lowest BCUT2D eigenvalue weighted by molar-refractivity contribution is 0.00537. The van der Waals surface area contributed by atoms with Crippen LogP contribution >= 0.6 is 0 Å². The third kappa shape index (κ3) is 6.03. The molecule has 2 aromatic carbocycles. The summed E-state index contributed by atoms with van der Waals surface area (Å²) in [6.45, 7) is 10.4. The summed E-state index contributed by atoms with van der Waals surface area (Å²) in [6.07, 6.45) is 3.69. The van der Waals surface area contributed by atoms with Crippen LogP contribution in [0.25, 0.3) is 32.9 Å². The maximum atomic E-state index is 14.7. The number of nitrogens with zero attached hydrogens (tertiary/aromatic N) is 6. The molecule has 286 valence electrons. The number of amides is 1. The number of methoxy groups -OCH3 is 1. The van der Waals surface area contributed by atoms with Crippen LogP contribution in [0.15, 0.2) is 36.4 Å². The van der Waals surface area contributed by atoms with Crippen LogP contribution in [-0.2, 0) is 15.9 Å². The SMILES string of the molecule is CCc1cccc2cc(OCOC)cc(-c3cc4nc(OC[C@]56CCCN5C[C@@H](F)C6)nc5c4c(n3)OC[C@@H]3[C@H]4CC[C@@H](CN53)N4C(=O)OC(C)(C)C)c12. The quantitative estimate of drug-likeness (QED) is 0.180. The predicted octanol–water partition coefficient (Wildman–Crippen LogP) is 6.69. The van der Waals surface area contributed by atoms with Gasteiger partial charge < -0.3 is 28.6 Å². The van der Waals surface area contributed by atoms with E-state index in [-0.39, 0.29) is 42.6 Å². The van der Waals surface area contributed by atoms with Gasteiger partial charge in [-0.05, 0) is 94.0 Å². The predicted molar refractivity (Wildman–Crippen MR) is 202 cm³/mol. The van der Waals surface area contributed by atoms with Gasteiger partial charge in [-0.15, -0.1) is 0 Å². The highest BCUT2D eigenvalue weighted by Crippen LogP contribution is 2.46. The van der Waals surface area contributed by atoms with E-state index >= 15 is 0 Å². The Balaban J connectivity index is 1.17. The summed E-state index contributed by atoms with van der Waals surface area (Å²) in [5.41, 5.74) is 2.41. The molecule has 4 saturated heterocycles. The fourth-order valence-electron chi connectivity index (χ4n) is 9.68. The average Bonchev–Trinajstić information content (AvgIpc) is 3.75. The smallest absolute Gasteiger partial charge is 0.410 e. The van der Waals surface area contributed by atoms with Crippen LogP contribution < -0.4 is 19.1 Å². The number of alkyl halides is 1. The van der Waals surface area contributed by atoms with Gasteiger partial charge in [-0.2, -0.15) is 9.97 Å². The molecule has 7 heterocycles. The number of carbonyl (C=O) groups excluding carboxylic acids is 1. The Morgan fingerprint density at radius 3 is 2.74 bits per heavy atom. The van der Waals surface area contributed by atoms with E-state index in [1.807, 2.05) is 43.9 Å². The highest BCUT2D eigenvalue weighted by atomic mass is 19.1. The molecule has 54 heavy (non-hydrogen) atoms. The number of ether oxygens (including phenoxy) is 5.